The summed E-state index contributed by atoms with van der Waals surface area (Å²) in [6.07, 6.45) is 1.96. The van der Waals surface area contributed by atoms with Crippen molar-refractivity contribution in [3.05, 3.63) is 63.9 Å². The fourth-order valence-electron chi connectivity index (χ4n) is 8.82. The lowest BCUT2D eigenvalue weighted by atomic mass is 9.41. The molecular weight excluding hydrogens is 574 g/mol. The number of rotatable bonds is 5. The minimum atomic E-state index is -2.63. The molecule has 238 valence electrons. The third-order valence-electron chi connectivity index (χ3n) is 11.7. The lowest BCUT2D eigenvalue weighted by Crippen LogP contribution is -2.69. The Morgan fingerprint density at radius 2 is 1.71 bits per heavy atom. The monoisotopic (exact) mass is 615 g/mol. The molecular formula is C36H41NO8. The molecule has 0 unspecified atom stereocenters. The third kappa shape index (κ3) is 3.96. The minimum absolute atomic E-state index is 0.0827. The number of carbonyl (C=O) groups is 3. The first-order chi connectivity index (χ1) is 21.1. The van der Waals surface area contributed by atoms with Gasteiger partial charge in [0.2, 0.25) is 5.78 Å². The van der Waals surface area contributed by atoms with Crippen molar-refractivity contribution in [1.29, 1.82) is 0 Å². The van der Waals surface area contributed by atoms with E-state index in [1.807, 2.05) is 26.0 Å². The maximum atomic E-state index is 14.5. The molecule has 0 amide bonds. The molecule has 0 bridgehead atoms. The second-order valence-electron chi connectivity index (χ2n) is 13.7. The number of phenols is 1. The highest BCUT2D eigenvalue weighted by Gasteiger charge is 2.73. The number of ether oxygens (including phenoxy) is 1. The summed E-state index contributed by atoms with van der Waals surface area (Å²) in [6.45, 7) is 11.0. The summed E-state index contributed by atoms with van der Waals surface area (Å²) in [6, 6.07) is 9.20. The molecule has 4 N–H and O–H groups in total. The first-order valence-corrected chi connectivity index (χ1v) is 15.6. The van der Waals surface area contributed by atoms with Crippen LogP contribution in [0.4, 0.5) is 0 Å². The van der Waals surface area contributed by atoms with Crippen molar-refractivity contribution in [1.82, 2.24) is 4.90 Å². The number of phenolic OH excluding ortho intramolecular Hbond substituents is 1. The zero-order valence-corrected chi connectivity index (χ0v) is 26.7. The lowest BCUT2D eigenvalue weighted by Gasteiger charge is -2.62. The normalized spacial score (nSPS) is 31.5. The summed E-state index contributed by atoms with van der Waals surface area (Å²) < 4.78 is 5.69. The molecule has 1 saturated carbocycles. The fourth-order valence-corrected chi connectivity index (χ4v) is 8.82. The van der Waals surface area contributed by atoms with Crippen LogP contribution in [0.1, 0.15) is 76.5 Å². The fraction of sp³-hybridized carbons (Fsp3) is 0.472. The Bertz CT molecular complexity index is 1730. The van der Waals surface area contributed by atoms with Gasteiger partial charge in [-0.05, 0) is 79.6 Å². The zero-order valence-electron chi connectivity index (χ0n) is 26.7. The van der Waals surface area contributed by atoms with Crippen LogP contribution in [0.15, 0.2) is 47.2 Å². The third-order valence-corrected chi connectivity index (χ3v) is 11.7. The predicted octanol–water partition coefficient (Wildman–Crippen LogP) is 5.39. The molecule has 1 saturated heterocycles. The van der Waals surface area contributed by atoms with Crippen molar-refractivity contribution in [3.63, 3.8) is 0 Å². The summed E-state index contributed by atoms with van der Waals surface area (Å²) in [5, 5.41) is 46.5. The van der Waals surface area contributed by atoms with Crippen LogP contribution in [0, 0.1) is 16.7 Å². The number of allylic oxidation sites excluding steroid dienone is 1. The van der Waals surface area contributed by atoms with Crippen LogP contribution in [0.3, 0.4) is 0 Å². The zero-order chi connectivity index (χ0) is 32.8. The number of aromatic hydroxyl groups is 1. The van der Waals surface area contributed by atoms with E-state index in [1.54, 1.807) is 27.0 Å². The molecule has 0 aromatic heterocycles. The van der Waals surface area contributed by atoms with Gasteiger partial charge in [0.05, 0.1) is 12.7 Å². The van der Waals surface area contributed by atoms with Crippen LogP contribution in [0.25, 0.3) is 16.9 Å². The van der Waals surface area contributed by atoms with Crippen molar-refractivity contribution in [2.75, 3.05) is 20.2 Å². The molecule has 6 rings (SSSR count). The van der Waals surface area contributed by atoms with Gasteiger partial charge in [-0.3, -0.25) is 19.3 Å². The molecule has 4 aliphatic rings. The number of aliphatic hydroxyl groups excluding tert-OH is 2. The smallest absolute Gasteiger partial charge is 0.203 e. The topological polar surface area (TPSA) is 145 Å². The highest BCUT2D eigenvalue weighted by atomic mass is 16.5. The highest BCUT2D eigenvalue weighted by molar-refractivity contribution is 6.23. The average molecular weight is 616 g/mol. The van der Waals surface area contributed by atoms with Gasteiger partial charge in [-0.2, -0.15) is 0 Å². The number of Topliss-reactive ketones (excluding diaryl/α,β-unsaturated/α-hetero) is 3. The van der Waals surface area contributed by atoms with Crippen LogP contribution in [0.5, 0.6) is 11.5 Å². The molecule has 5 atom stereocenters. The van der Waals surface area contributed by atoms with Gasteiger partial charge >= 0.3 is 0 Å². The first kappa shape index (κ1) is 31.0. The van der Waals surface area contributed by atoms with Gasteiger partial charge < -0.3 is 25.2 Å². The van der Waals surface area contributed by atoms with Crippen LogP contribution in [-0.2, 0) is 20.9 Å². The van der Waals surface area contributed by atoms with E-state index >= 15 is 0 Å². The van der Waals surface area contributed by atoms with E-state index in [0.717, 1.165) is 61.8 Å². The van der Waals surface area contributed by atoms with Gasteiger partial charge in [0.1, 0.15) is 28.6 Å². The minimum Gasteiger partial charge on any atom is -0.508 e. The van der Waals surface area contributed by atoms with Crippen LogP contribution >= 0.6 is 0 Å². The van der Waals surface area contributed by atoms with Gasteiger partial charge in [-0.1, -0.05) is 39.8 Å². The highest BCUT2D eigenvalue weighted by Crippen LogP contribution is 2.69. The number of benzene rings is 2. The number of aliphatic hydroxyl groups is 3. The summed E-state index contributed by atoms with van der Waals surface area (Å²) in [4.78, 5) is 42.5. The molecule has 2 fully saturated rings. The molecule has 3 aliphatic carbocycles. The van der Waals surface area contributed by atoms with Crippen LogP contribution in [0.2, 0.25) is 0 Å². The van der Waals surface area contributed by atoms with Gasteiger partial charge in [-0.25, -0.2) is 0 Å². The molecule has 1 aliphatic heterocycles. The van der Waals surface area contributed by atoms with E-state index in [0.29, 0.717) is 5.56 Å². The SMILES string of the molecule is COc1ccc(-c2ccc(O)c3c2[C@H](C)[C@]2(C)C(=C3O)C(=O)[C@]3(O)C(O)=C(C(C)=O)C(=O)C[C@]3(C)[C@H]2C)cc1CN1CCCC1. The van der Waals surface area contributed by atoms with Crippen LogP contribution in [-0.4, -0.2) is 68.5 Å². The number of methoxy groups -OCH3 is 1. The molecule has 2 aromatic rings. The summed E-state index contributed by atoms with van der Waals surface area (Å²) >= 11 is 0. The average Bonchev–Trinajstić information content (AvgIpc) is 3.50. The largest absolute Gasteiger partial charge is 0.508 e. The number of nitrogens with zero attached hydrogens (tertiary/aromatic N) is 1. The summed E-state index contributed by atoms with van der Waals surface area (Å²) in [7, 11) is 1.64. The van der Waals surface area contributed by atoms with E-state index in [9.17, 15) is 34.8 Å². The van der Waals surface area contributed by atoms with Crippen LogP contribution < -0.4 is 4.74 Å². The first-order valence-electron chi connectivity index (χ1n) is 15.6. The molecule has 9 nitrogen and oxygen atoms in total. The molecule has 0 spiro atoms. The van der Waals surface area contributed by atoms with Gasteiger partial charge in [0.25, 0.3) is 0 Å². The van der Waals surface area contributed by atoms with Gasteiger partial charge in [0.15, 0.2) is 17.2 Å². The van der Waals surface area contributed by atoms with Crippen molar-refractivity contribution < 1.29 is 39.5 Å². The number of likely N-dealkylation sites (tertiary alicyclic amines) is 1. The van der Waals surface area contributed by atoms with Crippen molar-refractivity contribution in [3.8, 4) is 22.6 Å². The van der Waals surface area contributed by atoms with Crippen molar-refractivity contribution in [2.45, 2.75) is 71.9 Å². The molecule has 9 heteroatoms. The van der Waals surface area contributed by atoms with E-state index in [-0.39, 0.29) is 23.3 Å². The second kappa shape index (κ2) is 10.3. The van der Waals surface area contributed by atoms with Crippen molar-refractivity contribution >= 4 is 23.1 Å². The predicted molar refractivity (Wildman–Crippen MR) is 168 cm³/mol. The van der Waals surface area contributed by atoms with Gasteiger partial charge in [0, 0.05) is 34.9 Å². The summed E-state index contributed by atoms with van der Waals surface area (Å²) in [5.41, 5.74) is -2.68. The quantitative estimate of drug-likeness (QED) is 0.326. The Balaban J connectivity index is 1.59. The Morgan fingerprint density at radius 3 is 2.33 bits per heavy atom. The molecule has 0 radical (unpaired) electrons. The number of carbonyl (C=O) groups excluding carboxylic acids is 3. The maximum Gasteiger partial charge on any atom is 0.203 e. The summed E-state index contributed by atoms with van der Waals surface area (Å²) in [5.74, 6) is -4.48. The van der Waals surface area contributed by atoms with Crippen molar-refractivity contribution in [2.24, 2.45) is 16.7 Å². The van der Waals surface area contributed by atoms with E-state index in [4.69, 9.17) is 4.74 Å². The second-order valence-corrected chi connectivity index (χ2v) is 13.7. The maximum absolute atomic E-state index is 14.5. The standard InChI is InChI=1S/C36H41NO8/c1-18-27-23(21-9-12-26(45-6)22(15-21)17-37-13-7-8-14-37)10-11-24(39)29(27)31(41)30-33(43)36(44)32(42)28(19(2)38)25(40)16-34(36,4)20(3)35(18,30)5/h9-12,15,18,20,39,41-42,44H,7-8,13-14,16-17H2,1-6H3/t18-,20+,34+,35-,36+/m0/s1. The number of hydrogen-bond donors (Lipinski definition) is 4. The Morgan fingerprint density at radius 1 is 1.04 bits per heavy atom. The molecule has 45 heavy (non-hydrogen) atoms. The number of ketones is 3. The Kier molecular flexibility index (Phi) is 7.10. The van der Waals surface area contributed by atoms with E-state index < -0.39 is 62.7 Å². The van der Waals surface area contributed by atoms with E-state index in [1.165, 1.54) is 6.07 Å². The molecule has 1 heterocycles. The lowest BCUT2D eigenvalue weighted by molar-refractivity contribution is -0.178. The van der Waals surface area contributed by atoms with E-state index in [2.05, 4.69) is 11.0 Å². The number of hydrogen-bond acceptors (Lipinski definition) is 9. The molecule has 2 aromatic carbocycles. The Labute approximate surface area is 262 Å². The Hall–Kier alpha value is -3.95. The van der Waals surface area contributed by atoms with Gasteiger partial charge in [-0.15, -0.1) is 0 Å². The number of fused-ring (bicyclic) bond motifs is 3.